The van der Waals surface area contributed by atoms with E-state index in [1.807, 2.05) is 14.1 Å². The van der Waals surface area contributed by atoms with Crippen LogP contribution < -0.4 is 0 Å². The Balaban J connectivity index is 2.22. The number of amides is 1. The van der Waals surface area contributed by atoms with E-state index in [2.05, 4.69) is 4.90 Å². The van der Waals surface area contributed by atoms with E-state index in [0.29, 0.717) is 6.42 Å². The Bertz CT molecular complexity index is 231. The number of carbonyl (C=O) groups is 1. The lowest BCUT2D eigenvalue weighted by molar-refractivity contribution is -0.129. The first kappa shape index (κ1) is 14.5. The molecule has 0 saturated carbocycles. The zero-order valence-electron chi connectivity index (χ0n) is 11.4. The van der Waals surface area contributed by atoms with E-state index >= 15 is 0 Å². The molecule has 0 aromatic heterocycles. The average molecular weight is 242 g/mol. The van der Waals surface area contributed by atoms with Crippen molar-refractivity contribution in [1.29, 1.82) is 0 Å². The van der Waals surface area contributed by atoms with Crippen LogP contribution in [0, 0.1) is 5.92 Å². The van der Waals surface area contributed by atoms with E-state index in [9.17, 15) is 4.79 Å². The standard InChI is InChI=1S/C13H26N2O2/c1-14(2)13(16)6-9-15-8-4-5-12(11-15)7-10-17-3/h12H,4-11H2,1-3H3/t12-/m1/s1. The summed E-state index contributed by atoms with van der Waals surface area (Å²) in [5, 5.41) is 0. The van der Waals surface area contributed by atoms with Crippen molar-refractivity contribution in [1.82, 2.24) is 9.80 Å². The van der Waals surface area contributed by atoms with Gasteiger partial charge in [-0.1, -0.05) is 0 Å². The van der Waals surface area contributed by atoms with E-state index in [1.54, 1.807) is 12.0 Å². The quantitative estimate of drug-likeness (QED) is 0.702. The second-order valence-corrected chi connectivity index (χ2v) is 5.13. The van der Waals surface area contributed by atoms with Crippen LogP contribution in [0.1, 0.15) is 25.7 Å². The Labute approximate surface area is 105 Å². The minimum absolute atomic E-state index is 0.226. The number of hydrogen-bond acceptors (Lipinski definition) is 3. The molecule has 100 valence electrons. The minimum Gasteiger partial charge on any atom is -0.385 e. The minimum atomic E-state index is 0.226. The maximum absolute atomic E-state index is 11.5. The van der Waals surface area contributed by atoms with Crippen molar-refractivity contribution in [3.63, 3.8) is 0 Å². The molecule has 0 radical (unpaired) electrons. The molecule has 1 heterocycles. The van der Waals surface area contributed by atoms with Crippen molar-refractivity contribution < 1.29 is 9.53 Å². The Kier molecular flexibility index (Phi) is 6.52. The molecule has 1 atom stereocenters. The number of carbonyl (C=O) groups excluding carboxylic acids is 1. The highest BCUT2D eigenvalue weighted by Crippen LogP contribution is 2.19. The number of rotatable bonds is 6. The van der Waals surface area contributed by atoms with E-state index in [4.69, 9.17) is 4.74 Å². The van der Waals surface area contributed by atoms with Crippen LogP contribution in [0.3, 0.4) is 0 Å². The van der Waals surface area contributed by atoms with Gasteiger partial charge in [0.25, 0.3) is 0 Å². The fraction of sp³-hybridized carbons (Fsp3) is 0.923. The van der Waals surface area contributed by atoms with Crippen molar-refractivity contribution in [2.24, 2.45) is 5.92 Å². The van der Waals surface area contributed by atoms with Crippen LogP contribution in [0.25, 0.3) is 0 Å². The molecule has 0 N–H and O–H groups in total. The van der Waals surface area contributed by atoms with Crippen LogP contribution in [-0.2, 0) is 9.53 Å². The molecule has 1 aliphatic rings. The van der Waals surface area contributed by atoms with Gasteiger partial charge in [-0.2, -0.15) is 0 Å². The number of hydrogen-bond donors (Lipinski definition) is 0. The molecule has 1 rings (SSSR count). The van der Waals surface area contributed by atoms with Crippen LogP contribution in [0.4, 0.5) is 0 Å². The Morgan fingerprint density at radius 2 is 2.24 bits per heavy atom. The van der Waals surface area contributed by atoms with Gasteiger partial charge in [-0.05, 0) is 31.7 Å². The summed E-state index contributed by atoms with van der Waals surface area (Å²) in [4.78, 5) is 15.6. The van der Waals surface area contributed by atoms with Gasteiger partial charge in [0.05, 0.1) is 0 Å². The lowest BCUT2D eigenvalue weighted by atomic mass is 9.95. The third kappa shape index (κ3) is 5.50. The van der Waals surface area contributed by atoms with Gasteiger partial charge in [-0.25, -0.2) is 0 Å². The number of methoxy groups -OCH3 is 1. The summed E-state index contributed by atoms with van der Waals surface area (Å²) < 4.78 is 5.13. The molecule has 1 aliphatic heterocycles. The van der Waals surface area contributed by atoms with Crippen molar-refractivity contribution >= 4 is 5.91 Å². The molecular formula is C13H26N2O2. The van der Waals surface area contributed by atoms with Crippen molar-refractivity contribution in [2.45, 2.75) is 25.7 Å². The third-order valence-electron chi connectivity index (χ3n) is 3.47. The predicted molar refractivity (Wildman–Crippen MR) is 69.0 cm³/mol. The van der Waals surface area contributed by atoms with Crippen LogP contribution in [0.5, 0.6) is 0 Å². The topological polar surface area (TPSA) is 32.8 Å². The molecule has 0 spiro atoms. The van der Waals surface area contributed by atoms with E-state index in [1.165, 1.54) is 12.8 Å². The number of nitrogens with zero attached hydrogens (tertiary/aromatic N) is 2. The molecular weight excluding hydrogens is 216 g/mol. The first-order valence-corrected chi connectivity index (χ1v) is 6.55. The summed E-state index contributed by atoms with van der Waals surface area (Å²) in [6, 6.07) is 0. The molecule has 4 heteroatoms. The van der Waals surface area contributed by atoms with Crippen molar-refractivity contribution in [2.75, 3.05) is 47.4 Å². The second-order valence-electron chi connectivity index (χ2n) is 5.13. The summed E-state index contributed by atoms with van der Waals surface area (Å²) in [6.07, 6.45) is 4.35. The fourth-order valence-corrected chi connectivity index (χ4v) is 2.35. The van der Waals surface area contributed by atoms with Crippen LogP contribution in [0.15, 0.2) is 0 Å². The van der Waals surface area contributed by atoms with Gasteiger partial charge in [-0.15, -0.1) is 0 Å². The van der Waals surface area contributed by atoms with Crippen LogP contribution in [-0.4, -0.2) is 63.2 Å². The maximum atomic E-state index is 11.5. The summed E-state index contributed by atoms with van der Waals surface area (Å²) in [6.45, 7) is 4.03. The molecule has 1 amide bonds. The van der Waals surface area contributed by atoms with Crippen molar-refractivity contribution in [3.05, 3.63) is 0 Å². The zero-order valence-corrected chi connectivity index (χ0v) is 11.4. The molecule has 0 aromatic rings. The molecule has 0 unspecified atom stereocenters. The van der Waals surface area contributed by atoms with Gasteiger partial charge in [-0.3, -0.25) is 4.79 Å². The molecule has 0 aliphatic carbocycles. The average Bonchev–Trinajstić information content (AvgIpc) is 2.33. The lowest BCUT2D eigenvalue weighted by Crippen LogP contribution is -2.38. The summed E-state index contributed by atoms with van der Waals surface area (Å²) in [5.74, 6) is 0.974. The third-order valence-corrected chi connectivity index (χ3v) is 3.47. The molecule has 17 heavy (non-hydrogen) atoms. The van der Waals surface area contributed by atoms with Gasteiger partial charge < -0.3 is 14.5 Å². The van der Waals surface area contributed by atoms with Gasteiger partial charge in [0.1, 0.15) is 0 Å². The van der Waals surface area contributed by atoms with Crippen molar-refractivity contribution in [3.8, 4) is 0 Å². The highest BCUT2D eigenvalue weighted by Gasteiger charge is 2.20. The van der Waals surface area contributed by atoms with E-state index < -0.39 is 0 Å². The summed E-state index contributed by atoms with van der Waals surface area (Å²) in [5.41, 5.74) is 0. The van der Waals surface area contributed by atoms with Crippen LogP contribution in [0.2, 0.25) is 0 Å². The van der Waals surface area contributed by atoms with E-state index in [0.717, 1.165) is 38.6 Å². The summed E-state index contributed by atoms with van der Waals surface area (Å²) in [7, 11) is 5.40. The first-order valence-electron chi connectivity index (χ1n) is 6.55. The number of piperidine rings is 1. The highest BCUT2D eigenvalue weighted by atomic mass is 16.5. The lowest BCUT2D eigenvalue weighted by Gasteiger charge is -2.32. The Morgan fingerprint density at radius 3 is 2.88 bits per heavy atom. The highest BCUT2D eigenvalue weighted by molar-refractivity contribution is 5.75. The van der Waals surface area contributed by atoms with Crippen LogP contribution >= 0.6 is 0 Å². The number of ether oxygens (including phenoxy) is 1. The zero-order chi connectivity index (χ0) is 12.7. The van der Waals surface area contributed by atoms with E-state index in [-0.39, 0.29) is 5.91 Å². The predicted octanol–water partition coefficient (Wildman–Crippen LogP) is 1.21. The largest absolute Gasteiger partial charge is 0.385 e. The van der Waals surface area contributed by atoms with Gasteiger partial charge in [0.15, 0.2) is 0 Å². The molecule has 0 aromatic carbocycles. The summed E-state index contributed by atoms with van der Waals surface area (Å²) >= 11 is 0. The Morgan fingerprint density at radius 1 is 1.47 bits per heavy atom. The monoisotopic (exact) mass is 242 g/mol. The first-order chi connectivity index (χ1) is 8.13. The Hall–Kier alpha value is -0.610. The normalized spacial score (nSPS) is 21.5. The smallest absolute Gasteiger partial charge is 0.223 e. The van der Waals surface area contributed by atoms with Gasteiger partial charge in [0, 0.05) is 47.3 Å². The number of likely N-dealkylation sites (tertiary alicyclic amines) is 1. The maximum Gasteiger partial charge on any atom is 0.223 e. The molecule has 4 nitrogen and oxygen atoms in total. The fourth-order valence-electron chi connectivity index (χ4n) is 2.35. The molecule has 1 fully saturated rings. The molecule has 1 saturated heterocycles. The van der Waals surface area contributed by atoms with Gasteiger partial charge in [0.2, 0.25) is 5.91 Å². The van der Waals surface area contributed by atoms with Gasteiger partial charge >= 0.3 is 0 Å². The SMILES string of the molecule is COCC[C@H]1CCCN(CCC(=O)N(C)C)C1. The second kappa shape index (κ2) is 7.67. The molecule has 0 bridgehead atoms.